The molecule has 2 saturated heterocycles. The number of piperazine rings is 1. The van der Waals surface area contributed by atoms with Crippen LogP contribution in [0.1, 0.15) is 18.3 Å². The van der Waals surface area contributed by atoms with Gasteiger partial charge in [0, 0.05) is 32.8 Å². The summed E-state index contributed by atoms with van der Waals surface area (Å²) >= 11 is 0. The van der Waals surface area contributed by atoms with E-state index in [4.69, 9.17) is 4.74 Å². The third-order valence-corrected chi connectivity index (χ3v) is 4.62. The van der Waals surface area contributed by atoms with Crippen molar-refractivity contribution in [2.75, 3.05) is 51.3 Å². The summed E-state index contributed by atoms with van der Waals surface area (Å²) in [6.45, 7) is 7.62. The lowest BCUT2D eigenvalue weighted by Gasteiger charge is -2.33. The van der Waals surface area contributed by atoms with Gasteiger partial charge in [-0.25, -0.2) is 15.0 Å². The van der Waals surface area contributed by atoms with E-state index >= 15 is 0 Å². The highest BCUT2D eigenvalue weighted by Gasteiger charge is 2.24. The average molecular weight is 302 g/mol. The minimum absolute atomic E-state index is 0.347. The average Bonchev–Trinajstić information content (AvgIpc) is 3.15. The maximum absolute atomic E-state index is 5.51. The maximum Gasteiger partial charge on any atom is 0.166 e. The zero-order valence-electron chi connectivity index (χ0n) is 13.2. The van der Waals surface area contributed by atoms with Crippen LogP contribution in [0.15, 0.2) is 6.33 Å². The van der Waals surface area contributed by atoms with E-state index in [1.807, 2.05) is 13.3 Å². The molecule has 1 unspecified atom stereocenters. The molecule has 2 aromatic heterocycles. The van der Waals surface area contributed by atoms with Gasteiger partial charge in [0.2, 0.25) is 0 Å². The van der Waals surface area contributed by atoms with Gasteiger partial charge in [-0.05, 0) is 20.4 Å². The molecule has 0 aromatic carbocycles. The predicted octanol–water partition coefficient (Wildman–Crippen LogP) is 0.848. The Kier molecular flexibility index (Phi) is 3.46. The Morgan fingerprint density at radius 1 is 1.18 bits per heavy atom. The fourth-order valence-electron chi connectivity index (χ4n) is 3.25. The molecule has 1 atom stereocenters. The summed E-state index contributed by atoms with van der Waals surface area (Å²) in [6, 6.07) is 0.347. The van der Waals surface area contributed by atoms with E-state index in [0.29, 0.717) is 6.04 Å². The van der Waals surface area contributed by atoms with Crippen LogP contribution >= 0.6 is 0 Å². The number of aryl methyl sites for hydroxylation is 1. The van der Waals surface area contributed by atoms with E-state index in [1.54, 1.807) is 0 Å². The molecule has 0 aliphatic carbocycles. The summed E-state index contributed by atoms with van der Waals surface area (Å²) in [4.78, 5) is 18.6. The van der Waals surface area contributed by atoms with Crippen LogP contribution in [-0.2, 0) is 4.74 Å². The fraction of sp³-hybridized carbons (Fsp3) is 0.667. The van der Waals surface area contributed by atoms with Gasteiger partial charge in [0.15, 0.2) is 17.0 Å². The van der Waals surface area contributed by atoms with Gasteiger partial charge >= 0.3 is 0 Å². The predicted molar refractivity (Wildman–Crippen MR) is 84.2 cm³/mol. The summed E-state index contributed by atoms with van der Waals surface area (Å²) in [5.74, 6) is 1.79. The first-order valence-corrected chi connectivity index (χ1v) is 7.95. The zero-order valence-corrected chi connectivity index (χ0v) is 13.2. The summed E-state index contributed by atoms with van der Waals surface area (Å²) in [5.41, 5.74) is 1.86. The first-order valence-electron chi connectivity index (χ1n) is 7.95. The molecule has 0 spiro atoms. The first kappa shape index (κ1) is 13.9. The van der Waals surface area contributed by atoms with E-state index in [-0.39, 0.29) is 0 Å². The van der Waals surface area contributed by atoms with Crippen molar-refractivity contribution in [1.29, 1.82) is 0 Å². The third-order valence-electron chi connectivity index (χ3n) is 4.62. The van der Waals surface area contributed by atoms with Gasteiger partial charge in [0.25, 0.3) is 0 Å². The molecule has 0 radical (unpaired) electrons. The van der Waals surface area contributed by atoms with Crippen LogP contribution in [0.3, 0.4) is 0 Å². The number of aromatic nitrogens is 4. The molecular formula is C15H22N6O. The second-order valence-corrected chi connectivity index (χ2v) is 6.23. The fourth-order valence-corrected chi connectivity index (χ4v) is 3.25. The molecule has 2 aliphatic rings. The standard InChI is InChI=1S/C15H22N6O/c1-11-17-14(20-6-4-19(2)5-7-20)13-15(18-11)21(10-16-13)12-3-8-22-9-12/h10,12H,3-9H2,1-2H3. The van der Waals surface area contributed by atoms with E-state index < -0.39 is 0 Å². The van der Waals surface area contributed by atoms with Crippen LogP contribution in [0, 0.1) is 6.92 Å². The number of anilines is 1. The van der Waals surface area contributed by atoms with Crippen LogP contribution in [-0.4, -0.2) is 70.9 Å². The van der Waals surface area contributed by atoms with Crippen molar-refractivity contribution in [3.63, 3.8) is 0 Å². The van der Waals surface area contributed by atoms with Gasteiger partial charge in [-0.3, -0.25) is 0 Å². The molecule has 2 aromatic rings. The van der Waals surface area contributed by atoms with Crippen LogP contribution < -0.4 is 4.90 Å². The highest BCUT2D eigenvalue weighted by molar-refractivity contribution is 5.83. The number of rotatable bonds is 2. The van der Waals surface area contributed by atoms with Crippen molar-refractivity contribution in [3.05, 3.63) is 12.2 Å². The Balaban J connectivity index is 1.75. The highest BCUT2D eigenvalue weighted by Crippen LogP contribution is 2.28. The molecule has 0 saturated carbocycles. The molecule has 7 heteroatoms. The first-order chi connectivity index (χ1) is 10.7. The normalized spacial score (nSPS) is 23.5. The van der Waals surface area contributed by atoms with Crippen LogP contribution in [0.2, 0.25) is 0 Å². The van der Waals surface area contributed by atoms with Crippen molar-refractivity contribution in [2.24, 2.45) is 0 Å². The second kappa shape index (κ2) is 5.48. The van der Waals surface area contributed by atoms with E-state index in [1.165, 1.54) is 0 Å². The summed E-state index contributed by atoms with van der Waals surface area (Å²) in [5, 5.41) is 0. The summed E-state index contributed by atoms with van der Waals surface area (Å²) < 4.78 is 7.67. The number of likely N-dealkylation sites (N-methyl/N-ethyl adjacent to an activating group) is 1. The molecule has 0 amide bonds. The third kappa shape index (κ3) is 2.34. The molecular weight excluding hydrogens is 280 g/mol. The molecule has 4 heterocycles. The lowest BCUT2D eigenvalue weighted by Crippen LogP contribution is -2.45. The number of ether oxygens (including phenoxy) is 1. The Hall–Kier alpha value is -1.73. The zero-order chi connectivity index (χ0) is 15.1. The number of fused-ring (bicyclic) bond motifs is 1. The van der Waals surface area contributed by atoms with E-state index in [2.05, 4.69) is 36.4 Å². The number of imidazole rings is 1. The van der Waals surface area contributed by atoms with Gasteiger partial charge in [-0.1, -0.05) is 0 Å². The van der Waals surface area contributed by atoms with Gasteiger partial charge in [-0.2, -0.15) is 0 Å². The number of hydrogen-bond acceptors (Lipinski definition) is 6. The second-order valence-electron chi connectivity index (χ2n) is 6.23. The van der Waals surface area contributed by atoms with Crippen molar-refractivity contribution in [1.82, 2.24) is 24.4 Å². The lowest BCUT2D eigenvalue weighted by atomic mass is 10.2. The lowest BCUT2D eigenvalue weighted by molar-refractivity contribution is 0.187. The molecule has 2 fully saturated rings. The number of hydrogen-bond donors (Lipinski definition) is 0. The van der Waals surface area contributed by atoms with Crippen molar-refractivity contribution < 1.29 is 4.74 Å². The van der Waals surface area contributed by atoms with Crippen LogP contribution in [0.25, 0.3) is 11.2 Å². The SMILES string of the molecule is Cc1nc(N2CCN(C)CC2)c2ncn(C3CCOC3)c2n1. The van der Waals surface area contributed by atoms with Crippen LogP contribution in [0.5, 0.6) is 0 Å². The minimum atomic E-state index is 0.347. The Morgan fingerprint density at radius 3 is 2.73 bits per heavy atom. The van der Waals surface area contributed by atoms with Crippen molar-refractivity contribution in [2.45, 2.75) is 19.4 Å². The van der Waals surface area contributed by atoms with E-state index in [9.17, 15) is 0 Å². The largest absolute Gasteiger partial charge is 0.379 e. The number of nitrogens with zero attached hydrogens (tertiary/aromatic N) is 6. The quantitative estimate of drug-likeness (QED) is 0.819. The Labute approximate surface area is 129 Å². The molecule has 4 rings (SSSR count). The topological polar surface area (TPSA) is 59.3 Å². The molecule has 0 bridgehead atoms. The van der Waals surface area contributed by atoms with Crippen LogP contribution in [0.4, 0.5) is 5.82 Å². The van der Waals surface area contributed by atoms with Gasteiger partial charge < -0.3 is 19.1 Å². The molecule has 2 aliphatic heterocycles. The molecule has 118 valence electrons. The van der Waals surface area contributed by atoms with Gasteiger partial charge in [0.1, 0.15) is 5.82 Å². The van der Waals surface area contributed by atoms with Crippen molar-refractivity contribution in [3.8, 4) is 0 Å². The molecule has 0 N–H and O–H groups in total. The Morgan fingerprint density at radius 2 is 2.00 bits per heavy atom. The van der Waals surface area contributed by atoms with E-state index in [0.717, 1.165) is 68.6 Å². The summed E-state index contributed by atoms with van der Waals surface area (Å²) in [7, 11) is 2.16. The van der Waals surface area contributed by atoms with Gasteiger partial charge in [0.05, 0.1) is 19.0 Å². The Bertz CT molecular complexity index is 670. The summed E-state index contributed by atoms with van der Waals surface area (Å²) in [6.07, 6.45) is 2.93. The molecule has 22 heavy (non-hydrogen) atoms. The maximum atomic E-state index is 5.51. The highest BCUT2D eigenvalue weighted by atomic mass is 16.5. The minimum Gasteiger partial charge on any atom is -0.379 e. The van der Waals surface area contributed by atoms with Gasteiger partial charge in [-0.15, -0.1) is 0 Å². The van der Waals surface area contributed by atoms with Crippen molar-refractivity contribution >= 4 is 17.0 Å². The smallest absolute Gasteiger partial charge is 0.166 e. The monoisotopic (exact) mass is 302 g/mol. The molecule has 7 nitrogen and oxygen atoms in total.